The molecule has 0 aliphatic carbocycles. The van der Waals surface area contributed by atoms with Crippen molar-refractivity contribution in [3.8, 4) is 16.9 Å². The number of nitrogens with zero attached hydrogens (tertiary/aromatic N) is 1. The van der Waals surface area contributed by atoms with E-state index in [1.807, 2.05) is 0 Å². The molecule has 20 heavy (non-hydrogen) atoms. The summed E-state index contributed by atoms with van der Waals surface area (Å²) in [5, 5.41) is 0. The van der Waals surface area contributed by atoms with Crippen LogP contribution in [0.5, 0.6) is 5.75 Å². The minimum absolute atomic E-state index is 0.164. The first-order valence-corrected chi connectivity index (χ1v) is 6.93. The van der Waals surface area contributed by atoms with Gasteiger partial charge in [0.25, 0.3) is 0 Å². The van der Waals surface area contributed by atoms with Crippen LogP contribution in [0.3, 0.4) is 0 Å². The van der Waals surface area contributed by atoms with Gasteiger partial charge in [-0.1, -0.05) is 6.07 Å². The van der Waals surface area contributed by atoms with Crippen LogP contribution in [0.4, 0.5) is 13.2 Å². The number of alkyl halides is 3. The quantitative estimate of drug-likeness (QED) is 0.779. The van der Waals surface area contributed by atoms with E-state index in [9.17, 15) is 13.2 Å². The number of pyridine rings is 1. The van der Waals surface area contributed by atoms with E-state index in [-0.39, 0.29) is 10.6 Å². The lowest BCUT2D eigenvalue weighted by Crippen LogP contribution is -2.07. The molecule has 2 nitrogen and oxygen atoms in total. The van der Waals surface area contributed by atoms with Gasteiger partial charge in [0.05, 0.1) is 12.7 Å². The fourth-order valence-electron chi connectivity index (χ4n) is 1.87. The minimum Gasteiger partial charge on any atom is -0.496 e. The van der Waals surface area contributed by atoms with Gasteiger partial charge >= 0.3 is 6.18 Å². The highest BCUT2D eigenvalue weighted by Gasteiger charge is 2.34. The topological polar surface area (TPSA) is 22.1 Å². The van der Waals surface area contributed by atoms with Crippen LogP contribution >= 0.6 is 11.8 Å². The molecule has 0 saturated heterocycles. The summed E-state index contributed by atoms with van der Waals surface area (Å²) in [6.07, 6.45) is 0.411. The van der Waals surface area contributed by atoms with Crippen LogP contribution in [0, 0.1) is 0 Å². The van der Waals surface area contributed by atoms with Gasteiger partial charge in [0.15, 0.2) is 0 Å². The summed E-state index contributed by atoms with van der Waals surface area (Å²) in [5.74, 6) is 0.183. The summed E-state index contributed by atoms with van der Waals surface area (Å²) in [7, 11) is 1.36. The van der Waals surface area contributed by atoms with Gasteiger partial charge in [0, 0.05) is 28.4 Å². The zero-order valence-electron chi connectivity index (χ0n) is 10.9. The van der Waals surface area contributed by atoms with Crippen LogP contribution in [0.1, 0.15) is 5.56 Å². The second kappa shape index (κ2) is 5.75. The highest BCUT2D eigenvalue weighted by Crippen LogP contribution is 2.42. The molecule has 1 heterocycles. The van der Waals surface area contributed by atoms with E-state index in [0.717, 1.165) is 17.8 Å². The summed E-state index contributed by atoms with van der Waals surface area (Å²) < 4.78 is 44.1. The van der Waals surface area contributed by atoms with Crippen molar-refractivity contribution in [2.45, 2.75) is 11.1 Å². The first-order chi connectivity index (χ1) is 9.47. The molecule has 1 aromatic carbocycles. The minimum atomic E-state index is -4.40. The zero-order chi connectivity index (χ0) is 14.8. The first-order valence-electron chi connectivity index (χ1n) is 5.71. The van der Waals surface area contributed by atoms with Crippen molar-refractivity contribution in [2.75, 3.05) is 13.4 Å². The Hall–Kier alpha value is -1.69. The maximum atomic E-state index is 13.0. The molecular weight excluding hydrogens is 287 g/mol. The van der Waals surface area contributed by atoms with Gasteiger partial charge in [-0.3, -0.25) is 4.98 Å². The van der Waals surface area contributed by atoms with Gasteiger partial charge in [0.2, 0.25) is 0 Å². The average Bonchev–Trinajstić information content (AvgIpc) is 2.45. The second-order valence-corrected chi connectivity index (χ2v) is 4.84. The lowest BCUT2D eigenvalue weighted by molar-refractivity contribution is -0.139. The molecule has 0 aliphatic rings. The molecule has 0 spiro atoms. The Morgan fingerprint density at radius 1 is 1.25 bits per heavy atom. The maximum absolute atomic E-state index is 13.0. The molecule has 2 rings (SSSR count). The Morgan fingerprint density at radius 2 is 2.00 bits per heavy atom. The Kier molecular flexibility index (Phi) is 4.23. The Bertz CT molecular complexity index is 599. The number of ether oxygens (including phenoxy) is 1. The van der Waals surface area contributed by atoms with Crippen molar-refractivity contribution < 1.29 is 17.9 Å². The predicted molar refractivity (Wildman–Crippen MR) is 73.0 cm³/mol. The van der Waals surface area contributed by atoms with Crippen LogP contribution in [0.25, 0.3) is 11.1 Å². The smallest absolute Gasteiger partial charge is 0.417 e. The lowest BCUT2D eigenvalue weighted by Gasteiger charge is -2.16. The molecule has 0 bridgehead atoms. The molecule has 0 saturated carbocycles. The monoisotopic (exact) mass is 299 g/mol. The van der Waals surface area contributed by atoms with Crippen molar-refractivity contribution in [3.05, 3.63) is 42.2 Å². The van der Waals surface area contributed by atoms with Crippen LogP contribution in [0.15, 0.2) is 41.6 Å². The third-order valence-corrected chi connectivity index (χ3v) is 3.58. The second-order valence-electron chi connectivity index (χ2n) is 3.99. The molecule has 0 radical (unpaired) electrons. The number of hydrogen-bond acceptors (Lipinski definition) is 3. The van der Waals surface area contributed by atoms with E-state index in [0.29, 0.717) is 11.1 Å². The number of methoxy groups -OCH3 is 1. The molecule has 0 N–H and O–H groups in total. The lowest BCUT2D eigenvalue weighted by atomic mass is 10.0. The van der Waals surface area contributed by atoms with Gasteiger partial charge in [-0.2, -0.15) is 13.2 Å². The fraction of sp³-hybridized carbons (Fsp3) is 0.214. The molecule has 0 amide bonds. The van der Waals surface area contributed by atoms with Crippen molar-refractivity contribution in [1.29, 1.82) is 0 Å². The van der Waals surface area contributed by atoms with E-state index >= 15 is 0 Å². The third-order valence-electron chi connectivity index (χ3n) is 2.80. The van der Waals surface area contributed by atoms with Gasteiger partial charge in [0.1, 0.15) is 5.75 Å². The number of thioether (sulfide) groups is 1. The van der Waals surface area contributed by atoms with Gasteiger partial charge in [-0.15, -0.1) is 11.8 Å². The van der Waals surface area contributed by atoms with Crippen molar-refractivity contribution in [2.24, 2.45) is 0 Å². The molecule has 6 heteroatoms. The number of halogens is 3. The summed E-state index contributed by atoms with van der Waals surface area (Å²) >= 11 is 1.05. The molecule has 106 valence electrons. The largest absolute Gasteiger partial charge is 0.496 e. The maximum Gasteiger partial charge on any atom is 0.417 e. The normalized spacial score (nSPS) is 11.4. The Balaban J connectivity index is 2.65. The van der Waals surface area contributed by atoms with Crippen molar-refractivity contribution in [1.82, 2.24) is 4.98 Å². The van der Waals surface area contributed by atoms with E-state index in [2.05, 4.69) is 4.98 Å². The summed E-state index contributed by atoms with van der Waals surface area (Å²) in [6.45, 7) is 0. The van der Waals surface area contributed by atoms with Crippen LogP contribution < -0.4 is 4.74 Å². The SMILES string of the molecule is COc1cc(C(F)(F)F)c(SC)cc1-c1cccnc1. The van der Waals surface area contributed by atoms with Gasteiger partial charge in [-0.25, -0.2) is 0 Å². The van der Waals surface area contributed by atoms with Gasteiger partial charge in [-0.05, 0) is 24.5 Å². The van der Waals surface area contributed by atoms with Crippen LogP contribution in [-0.2, 0) is 6.18 Å². The van der Waals surface area contributed by atoms with Crippen LogP contribution in [-0.4, -0.2) is 18.3 Å². The zero-order valence-corrected chi connectivity index (χ0v) is 11.7. The standard InChI is InChI=1S/C14H12F3NOS/c1-19-12-7-11(14(15,16)17)13(20-2)6-10(12)9-4-3-5-18-8-9/h3-8H,1-2H3. The molecule has 1 aromatic heterocycles. The number of benzene rings is 1. The highest BCUT2D eigenvalue weighted by molar-refractivity contribution is 7.98. The Morgan fingerprint density at radius 3 is 2.50 bits per heavy atom. The first kappa shape index (κ1) is 14.7. The van der Waals surface area contributed by atoms with Crippen molar-refractivity contribution >= 4 is 11.8 Å². The summed E-state index contributed by atoms with van der Waals surface area (Å²) in [4.78, 5) is 4.14. The molecule has 0 unspecified atom stereocenters. The predicted octanol–water partition coefficient (Wildman–Crippen LogP) is 4.50. The summed E-state index contributed by atoms with van der Waals surface area (Å²) in [5.41, 5.74) is 0.626. The van der Waals surface area contributed by atoms with E-state index in [1.165, 1.54) is 13.2 Å². The van der Waals surface area contributed by atoms with Crippen molar-refractivity contribution in [3.63, 3.8) is 0 Å². The fourth-order valence-corrected chi connectivity index (χ4v) is 2.50. The van der Waals surface area contributed by atoms with Crippen LogP contribution in [0.2, 0.25) is 0 Å². The van der Waals surface area contributed by atoms with Gasteiger partial charge < -0.3 is 4.74 Å². The number of rotatable bonds is 3. The molecular formula is C14H12F3NOS. The summed E-state index contributed by atoms with van der Waals surface area (Å²) in [6, 6.07) is 6.03. The molecule has 2 aromatic rings. The average molecular weight is 299 g/mol. The third kappa shape index (κ3) is 2.90. The number of hydrogen-bond donors (Lipinski definition) is 0. The highest BCUT2D eigenvalue weighted by atomic mass is 32.2. The molecule has 0 fully saturated rings. The van der Waals surface area contributed by atoms with E-state index in [1.54, 1.807) is 30.8 Å². The molecule has 0 aliphatic heterocycles. The molecule has 0 atom stereocenters. The number of aromatic nitrogens is 1. The van der Waals surface area contributed by atoms with E-state index in [4.69, 9.17) is 4.74 Å². The van der Waals surface area contributed by atoms with E-state index < -0.39 is 11.7 Å². The Labute approximate surface area is 119 Å².